The van der Waals surface area contributed by atoms with Crippen molar-refractivity contribution >= 4 is 43.9 Å². The number of anilines is 2. The Kier molecular flexibility index (Phi) is 7.36. The topological polar surface area (TPSA) is 102 Å². The van der Waals surface area contributed by atoms with E-state index in [-0.39, 0.29) is 10.7 Å². The van der Waals surface area contributed by atoms with Gasteiger partial charge in [-0.2, -0.15) is 0 Å². The lowest BCUT2D eigenvalue weighted by molar-refractivity contribution is -0.141. The third kappa shape index (κ3) is 5.55. The van der Waals surface area contributed by atoms with E-state index in [0.717, 1.165) is 10.9 Å². The number of sulfonamides is 1. The van der Waals surface area contributed by atoms with Crippen molar-refractivity contribution in [1.29, 1.82) is 0 Å². The fourth-order valence-corrected chi connectivity index (χ4v) is 5.04. The van der Waals surface area contributed by atoms with E-state index >= 15 is 0 Å². The Morgan fingerprint density at radius 3 is 2.00 bits per heavy atom. The summed E-state index contributed by atoms with van der Waals surface area (Å²) in [6.45, 7) is 1.42. The molecule has 0 aliphatic carbocycles. The molecule has 0 amide bonds. The van der Waals surface area contributed by atoms with Gasteiger partial charge in [-0.3, -0.25) is 9.52 Å². The fraction of sp³-hybridized carbons (Fsp3) is 0.143. The lowest BCUT2D eigenvalue weighted by Gasteiger charge is -2.20. The van der Waals surface area contributed by atoms with E-state index in [0.29, 0.717) is 28.7 Å². The number of ketones is 1. The summed E-state index contributed by atoms with van der Waals surface area (Å²) < 4.78 is 33.8. The van der Waals surface area contributed by atoms with Crippen molar-refractivity contribution in [2.24, 2.45) is 0 Å². The van der Waals surface area contributed by atoms with Gasteiger partial charge in [0, 0.05) is 28.4 Å². The largest absolute Gasteiger partial charge is 0.467 e. The van der Waals surface area contributed by atoms with E-state index in [2.05, 4.69) is 10.0 Å². The van der Waals surface area contributed by atoms with Crippen molar-refractivity contribution in [1.82, 2.24) is 0 Å². The van der Waals surface area contributed by atoms with Crippen molar-refractivity contribution in [2.45, 2.75) is 24.3 Å². The van der Waals surface area contributed by atoms with E-state index in [1.165, 1.54) is 38.3 Å². The number of ether oxygens (including phenoxy) is 1. The van der Waals surface area contributed by atoms with Crippen molar-refractivity contribution in [2.75, 3.05) is 17.1 Å². The predicted molar refractivity (Wildman–Crippen MR) is 141 cm³/mol. The maximum absolute atomic E-state index is 13.0. The van der Waals surface area contributed by atoms with Crippen molar-refractivity contribution in [3.05, 3.63) is 102 Å². The van der Waals surface area contributed by atoms with Crippen LogP contribution in [0.3, 0.4) is 0 Å². The normalized spacial score (nSPS) is 12.1. The molecule has 0 fully saturated rings. The number of methoxy groups -OCH3 is 1. The molecule has 0 saturated heterocycles. The van der Waals surface area contributed by atoms with Crippen LogP contribution in [-0.2, 0) is 26.0 Å². The van der Waals surface area contributed by atoms with E-state index in [4.69, 9.17) is 4.74 Å². The van der Waals surface area contributed by atoms with Gasteiger partial charge in [0.05, 0.1) is 17.7 Å². The van der Waals surface area contributed by atoms with Crippen molar-refractivity contribution < 1.29 is 22.7 Å². The summed E-state index contributed by atoms with van der Waals surface area (Å²) in [5.74, 6) is -0.541. The molecule has 0 saturated carbocycles. The van der Waals surface area contributed by atoms with Crippen LogP contribution in [0, 0.1) is 0 Å². The van der Waals surface area contributed by atoms with Crippen LogP contribution < -0.4 is 10.0 Å². The average molecular weight is 503 g/mol. The Balaban J connectivity index is 1.65. The van der Waals surface area contributed by atoms with Gasteiger partial charge in [0.15, 0.2) is 5.78 Å². The standard InChI is InChI=1S/C28H26N2O5S/c1-19(31)21-12-14-22(15-13-21)36(33,34)30-26-17-16-25(23-10-6-7-11-24(23)26)29-27(28(32)35-2)18-20-8-4-3-5-9-20/h3-17,27,29-30H,18H2,1-2H3/t27-/m0/s1. The first kappa shape index (κ1) is 24.9. The fourth-order valence-electron chi connectivity index (χ4n) is 3.96. The SMILES string of the molecule is COC(=O)[C@H](Cc1ccccc1)Nc1ccc(NS(=O)(=O)c2ccc(C(C)=O)cc2)c2ccccc12. The zero-order valence-corrected chi connectivity index (χ0v) is 20.7. The zero-order chi connectivity index (χ0) is 25.7. The molecule has 0 aliphatic rings. The Bertz CT molecular complexity index is 1500. The van der Waals surface area contributed by atoms with Crippen molar-refractivity contribution in [3.8, 4) is 0 Å². The summed E-state index contributed by atoms with van der Waals surface area (Å²) >= 11 is 0. The van der Waals surface area contributed by atoms with E-state index < -0.39 is 22.0 Å². The highest BCUT2D eigenvalue weighted by Crippen LogP contribution is 2.32. The lowest BCUT2D eigenvalue weighted by Crippen LogP contribution is -2.33. The Morgan fingerprint density at radius 2 is 1.39 bits per heavy atom. The molecular formula is C28H26N2O5S. The van der Waals surface area contributed by atoms with Crippen LogP contribution in [0.5, 0.6) is 0 Å². The van der Waals surface area contributed by atoms with Crippen LogP contribution in [0.1, 0.15) is 22.8 Å². The molecular weight excluding hydrogens is 476 g/mol. The molecule has 184 valence electrons. The second-order valence-electron chi connectivity index (χ2n) is 8.30. The molecule has 2 N–H and O–H groups in total. The monoisotopic (exact) mass is 502 g/mol. The molecule has 0 bridgehead atoms. The second-order valence-corrected chi connectivity index (χ2v) is 9.98. The first-order chi connectivity index (χ1) is 17.3. The summed E-state index contributed by atoms with van der Waals surface area (Å²) in [6.07, 6.45) is 0.423. The maximum Gasteiger partial charge on any atom is 0.328 e. The zero-order valence-electron chi connectivity index (χ0n) is 19.9. The third-order valence-corrected chi connectivity index (χ3v) is 7.22. The van der Waals surface area contributed by atoms with E-state index in [1.54, 1.807) is 12.1 Å². The van der Waals surface area contributed by atoms with Gasteiger partial charge in [-0.25, -0.2) is 13.2 Å². The van der Waals surface area contributed by atoms with Gasteiger partial charge in [-0.05, 0) is 36.8 Å². The maximum atomic E-state index is 13.0. The Hall–Kier alpha value is -4.17. The molecule has 7 nitrogen and oxygen atoms in total. The Labute approximate surface area is 210 Å². The average Bonchev–Trinajstić information content (AvgIpc) is 2.89. The first-order valence-electron chi connectivity index (χ1n) is 11.3. The minimum absolute atomic E-state index is 0.0485. The van der Waals surface area contributed by atoms with Crippen LogP contribution in [0.4, 0.5) is 11.4 Å². The number of hydrogen-bond acceptors (Lipinski definition) is 6. The Morgan fingerprint density at radius 1 is 0.806 bits per heavy atom. The highest BCUT2D eigenvalue weighted by molar-refractivity contribution is 7.92. The van der Waals surface area contributed by atoms with E-state index in [1.807, 2.05) is 54.6 Å². The molecule has 0 aromatic heterocycles. The molecule has 0 spiro atoms. The summed E-state index contributed by atoms with van der Waals surface area (Å²) in [7, 11) is -2.55. The molecule has 0 heterocycles. The summed E-state index contributed by atoms with van der Waals surface area (Å²) in [6, 6.07) is 25.5. The second kappa shape index (κ2) is 10.6. The molecule has 0 unspecified atom stereocenters. The first-order valence-corrected chi connectivity index (χ1v) is 12.8. The number of esters is 1. The molecule has 4 aromatic rings. The molecule has 4 rings (SSSR count). The third-order valence-electron chi connectivity index (χ3n) is 5.84. The van der Waals surface area contributed by atoms with Gasteiger partial charge in [0.25, 0.3) is 10.0 Å². The predicted octanol–water partition coefficient (Wildman–Crippen LogP) is 5.04. The van der Waals surface area contributed by atoms with Crippen molar-refractivity contribution in [3.63, 3.8) is 0 Å². The number of rotatable bonds is 9. The van der Waals surface area contributed by atoms with Crippen LogP contribution in [0.25, 0.3) is 10.8 Å². The smallest absolute Gasteiger partial charge is 0.328 e. The van der Waals surface area contributed by atoms with Gasteiger partial charge >= 0.3 is 5.97 Å². The summed E-state index contributed by atoms with van der Waals surface area (Å²) in [4.78, 5) is 24.1. The van der Waals surface area contributed by atoms with Gasteiger partial charge in [-0.1, -0.05) is 66.7 Å². The van der Waals surface area contributed by atoms with Crippen LogP contribution in [-0.4, -0.2) is 33.3 Å². The molecule has 0 aliphatic heterocycles. The number of carbonyl (C=O) groups is 2. The van der Waals surface area contributed by atoms with Gasteiger partial charge in [0.2, 0.25) is 0 Å². The summed E-state index contributed by atoms with van der Waals surface area (Å²) in [5, 5.41) is 4.68. The number of benzene rings is 4. The highest BCUT2D eigenvalue weighted by Gasteiger charge is 2.22. The molecule has 8 heteroatoms. The number of hydrogen-bond donors (Lipinski definition) is 2. The van der Waals surface area contributed by atoms with E-state index in [9.17, 15) is 18.0 Å². The number of carbonyl (C=O) groups excluding carboxylic acids is 2. The van der Waals surface area contributed by atoms with Crippen LogP contribution in [0.2, 0.25) is 0 Å². The van der Waals surface area contributed by atoms with Crippen LogP contribution in [0.15, 0.2) is 95.9 Å². The minimum atomic E-state index is -3.90. The number of Topliss-reactive ketones (excluding diaryl/α,β-unsaturated/α-hetero) is 1. The number of fused-ring (bicyclic) bond motifs is 1. The lowest BCUT2D eigenvalue weighted by atomic mass is 10.0. The molecule has 4 aromatic carbocycles. The van der Waals surface area contributed by atoms with Gasteiger partial charge in [-0.15, -0.1) is 0 Å². The molecule has 1 atom stereocenters. The minimum Gasteiger partial charge on any atom is -0.467 e. The molecule has 36 heavy (non-hydrogen) atoms. The highest BCUT2D eigenvalue weighted by atomic mass is 32.2. The van der Waals surface area contributed by atoms with Gasteiger partial charge < -0.3 is 10.1 Å². The van der Waals surface area contributed by atoms with Crippen LogP contribution >= 0.6 is 0 Å². The molecule has 0 radical (unpaired) electrons. The quantitative estimate of drug-likeness (QED) is 0.246. The number of nitrogens with one attached hydrogen (secondary N) is 2. The van der Waals surface area contributed by atoms with Gasteiger partial charge in [0.1, 0.15) is 6.04 Å². The summed E-state index contributed by atoms with van der Waals surface area (Å²) in [5.41, 5.74) is 2.48.